The monoisotopic (exact) mass is 267 g/mol. The van der Waals surface area contributed by atoms with Crippen LogP contribution in [0.3, 0.4) is 0 Å². The van der Waals surface area contributed by atoms with E-state index in [0.29, 0.717) is 0 Å². The van der Waals surface area contributed by atoms with Gasteiger partial charge >= 0.3 is 0 Å². The van der Waals surface area contributed by atoms with Crippen LogP contribution in [0.1, 0.15) is 84.5 Å². The van der Waals surface area contributed by atoms with Gasteiger partial charge in [-0.25, -0.2) is 0 Å². The Labute approximate surface area is 121 Å². The molecule has 0 amide bonds. The van der Waals surface area contributed by atoms with E-state index in [1.165, 1.54) is 77.2 Å². The van der Waals surface area contributed by atoms with Crippen molar-refractivity contribution >= 4 is 0 Å². The van der Waals surface area contributed by atoms with Crippen LogP contribution in [0.5, 0.6) is 0 Å². The molecule has 3 unspecified atom stereocenters. The molecule has 0 heterocycles. The molecule has 0 bridgehead atoms. The third kappa shape index (κ3) is 6.79. The molecule has 1 aliphatic carbocycles. The highest BCUT2D eigenvalue weighted by Gasteiger charge is 2.28. The highest BCUT2D eigenvalue weighted by Crippen LogP contribution is 2.38. The van der Waals surface area contributed by atoms with Gasteiger partial charge in [-0.05, 0) is 44.2 Å². The van der Waals surface area contributed by atoms with Gasteiger partial charge in [-0.2, -0.15) is 0 Å². The second kappa shape index (κ2) is 10.7. The van der Waals surface area contributed by atoms with Gasteiger partial charge in [-0.3, -0.25) is 0 Å². The Hall–Kier alpha value is -0.0400. The Balaban J connectivity index is 2.21. The van der Waals surface area contributed by atoms with E-state index in [2.05, 4.69) is 26.2 Å². The number of unbranched alkanes of at least 4 members (excludes halogenated alkanes) is 5. The summed E-state index contributed by atoms with van der Waals surface area (Å²) in [6.45, 7) is 5.93. The molecular formula is C18H37N. The summed E-state index contributed by atoms with van der Waals surface area (Å²) in [6.07, 6.45) is 16.0. The summed E-state index contributed by atoms with van der Waals surface area (Å²) in [6, 6.07) is 0. The quantitative estimate of drug-likeness (QED) is 0.523. The standard InChI is InChI=1S/C18H37N/c1-4-6-7-8-9-10-11-17-14-16(5-2)12-13-18(17)15-19-3/h16-19H,4-15H2,1-3H3. The van der Waals surface area contributed by atoms with Gasteiger partial charge in [0.2, 0.25) is 0 Å². The predicted octanol–water partition coefficient (Wildman–Crippen LogP) is 5.40. The van der Waals surface area contributed by atoms with Crippen LogP contribution >= 0.6 is 0 Å². The molecule has 1 aliphatic rings. The zero-order chi connectivity index (χ0) is 13.9. The molecular weight excluding hydrogens is 230 g/mol. The molecule has 19 heavy (non-hydrogen) atoms. The lowest BCUT2D eigenvalue weighted by atomic mass is 9.71. The van der Waals surface area contributed by atoms with Gasteiger partial charge in [0.15, 0.2) is 0 Å². The predicted molar refractivity (Wildman–Crippen MR) is 86.5 cm³/mol. The van der Waals surface area contributed by atoms with E-state index in [1.54, 1.807) is 0 Å². The number of rotatable bonds is 10. The molecule has 0 aliphatic heterocycles. The second-order valence-electron chi connectivity index (χ2n) is 6.72. The number of nitrogens with one attached hydrogen (secondary N) is 1. The molecule has 0 aromatic rings. The van der Waals surface area contributed by atoms with E-state index in [-0.39, 0.29) is 0 Å². The van der Waals surface area contributed by atoms with Crippen molar-refractivity contribution in [1.82, 2.24) is 5.32 Å². The van der Waals surface area contributed by atoms with Crippen LogP contribution in [-0.4, -0.2) is 13.6 Å². The summed E-state index contributed by atoms with van der Waals surface area (Å²) in [5.74, 6) is 3.00. The molecule has 1 heteroatoms. The van der Waals surface area contributed by atoms with Crippen molar-refractivity contribution in [3.8, 4) is 0 Å². The Kier molecular flexibility index (Phi) is 9.59. The highest BCUT2D eigenvalue weighted by atomic mass is 14.8. The minimum Gasteiger partial charge on any atom is -0.319 e. The van der Waals surface area contributed by atoms with E-state index >= 15 is 0 Å². The fourth-order valence-electron chi connectivity index (χ4n) is 3.87. The first-order valence-corrected chi connectivity index (χ1v) is 8.96. The van der Waals surface area contributed by atoms with Crippen LogP contribution < -0.4 is 5.32 Å². The summed E-state index contributed by atoms with van der Waals surface area (Å²) in [4.78, 5) is 0. The summed E-state index contributed by atoms with van der Waals surface area (Å²) < 4.78 is 0. The smallest absolute Gasteiger partial charge is 0.00209 e. The lowest BCUT2D eigenvalue weighted by Crippen LogP contribution is -2.31. The molecule has 1 N–H and O–H groups in total. The maximum absolute atomic E-state index is 3.42. The molecule has 1 rings (SSSR count). The first-order chi connectivity index (χ1) is 9.31. The van der Waals surface area contributed by atoms with Crippen molar-refractivity contribution < 1.29 is 0 Å². The van der Waals surface area contributed by atoms with Gasteiger partial charge in [0.05, 0.1) is 0 Å². The average Bonchev–Trinajstić information content (AvgIpc) is 2.44. The summed E-state index contributed by atoms with van der Waals surface area (Å²) in [5, 5.41) is 3.42. The van der Waals surface area contributed by atoms with Gasteiger partial charge in [-0.1, -0.05) is 71.6 Å². The van der Waals surface area contributed by atoms with E-state index in [9.17, 15) is 0 Å². The molecule has 0 aromatic carbocycles. The highest BCUT2D eigenvalue weighted by molar-refractivity contribution is 4.80. The molecule has 1 nitrogen and oxygen atoms in total. The lowest BCUT2D eigenvalue weighted by molar-refractivity contribution is 0.162. The molecule has 1 saturated carbocycles. The van der Waals surface area contributed by atoms with Crippen molar-refractivity contribution in [2.24, 2.45) is 17.8 Å². The molecule has 0 aromatic heterocycles. The van der Waals surface area contributed by atoms with Crippen LogP contribution in [0.15, 0.2) is 0 Å². The van der Waals surface area contributed by atoms with Crippen molar-refractivity contribution in [2.45, 2.75) is 84.5 Å². The fraction of sp³-hybridized carbons (Fsp3) is 1.00. The number of hydrogen-bond donors (Lipinski definition) is 1. The maximum atomic E-state index is 3.42. The van der Waals surface area contributed by atoms with Crippen molar-refractivity contribution in [3.63, 3.8) is 0 Å². The van der Waals surface area contributed by atoms with Crippen LogP contribution in [-0.2, 0) is 0 Å². The minimum absolute atomic E-state index is 0.962. The van der Waals surface area contributed by atoms with E-state index in [4.69, 9.17) is 0 Å². The van der Waals surface area contributed by atoms with Crippen molar-refractivity contribution in [1.29, 1.82) is 0 Å². The molecule has 3 atom stereocenters. The summed E-state index contributed by atoms with van der Waals surface area (Å²) in [7, 11) is 2.12. The Morgan fingerprint density at radius 3 is 2.32 bits per heavy atom. The van der Waals surface area contributed by atoms with E-state index in [1.807, 2.05) is 0 Å². The maximum Gasteiger partial charge on any atom is -0.00209 e. The zero-order valence-electron chi connectivity index (χ0n) is 13.7. The van der Waals surface area contributed by atoms with Crippen LogP contribution in [0, 0.1) is 17.8 Å². The van der Waals surface area contributed by atoms with Gasteiger partial charge in [0.1, 0.15) is 0 Å². The molecule has 114 valence electrons. The van der Waals surface area contributed by atoms with Crippen molar-refractivity contribution in [3.05, 3.63) is 0 Å². The largest absolute Gasteiger partial charge is 0.319 e. The van der Waals surface area contributed by atoms with Crippen LogP contribution in [0.2, 0.25) is 0 Å². The topological polar surface area (TPSA) is 12.0 Å². The Morgan fingerprint density at radius 2 is 1.63 bits per heavy atom. The lowest BCUT2D eigenvalue weighted by Gasteiger charge is -2.36. The van der Waals surface area contributed by atoms with Crippen LogP contribution in [0.4, 0.5) is 0 Å². The molecule has 0 radical (unpaired) electrons. The van der Waals surface area contributed by atoms with E-state index < -0.39 is 0 Å². The molecule has 0 saturated heterocycles. The van der Waals surface area contributed by atoms with Gasteiger partial charge in [-0.15, -0.1) is 0 Å². The Morgan fingerprint density at radius 1 is 0.895 bits per heavy atom. The van der Waals surface area contributed by atoms with Gasteiger partial charge in [0.25, 0.3) is 0 Å². The second-order valence-corrected chi connectivity index (χ2v) is 6.72. The fourth-order valence-corrected chi connectivity index (χ4v) is 3.87. The summed E-state index contributed by atoms with van der Waals surface area (Å²) in [5.41, 5.74) is 0. The Bertz CT molecular complexity index is 202. The SMILES string of the molecule is CCCCCCCCC1CC(CC)CCC1CNC. The van der Waals surface area contributed by atoms with Gasteiger partial charge in [0, 0.05) is 0 Å². The van der Waals surface area contributed by atoms with Crippen LogP contribution in [0.25, 0.3) is 0 Å². The molecule has 1 fully saturated rings. The number of hydrogen-bond acceptors (Lipinski definition) is 1. The van der Waals surface area contributed by atoms with Crippen molar-refractivity contribution in [2.75, 3.05) is 13.6 Å². The normalized spacial score (nSPS) is 27.6. The first-order valence-electron chi connectivity index (χ1n) is 8.96. The van der Waals surface area contributed by atoms with Gasteiger partial charge < -0.3 is 5.32 Å². The minimum atomic E-state index is 0.962. The molecule has 0 spiro atoms. The third-order valence-electron chi connectivity index (χ3n) is 5.22. The average molecular weight is 268 g/mol. The summed E-state index contributed by atoms with van der Waals surface area (Å²) >= 11 is 0. The third-order valence-corrected chi connectivity index (χ3v) is 5.22. The zero-order valence-corrected chi connectivity index (χ0v) is 13.7. The first kappa shape index (κ1) is 17.0. The van der Waals surface area contributed by atoms with E-state index in [0.717, 1.165) is 17.8 Å².